The molecule has 0 radical (unpaired) electrons. The van der Waals surface area contributed by atoms with Crippen molar-refractivity contribution < 1.29 is 4.79 Å². The molecule has 0 saturated carbocycles. The molecule has 0 unspecified atom stereocenters. The summed E-state index contributed by atoms with van der Waals surface area (Å²) in [5.74, 6) is 0. The molecule has 0 N–H and O–H groups in total. The van der Waals surface area contributed by atoms with Gasteiger partial charge >= 0.3 is 0 Å². The Kier molecular flexibility index (Phi) is 4.41. The maximum absolute atomic E-state index is 10.2. The highest BCUT2D eigenvalue weighted by Crippen LogP contribution is 2.03. The monoisotopic (exact) mass is 146 g/mol. The van der Waals surface area contributed by atoms with Gasteiger partial charge in [0.05, 0.1) is 0 Å². The lowest BCUT2D eigenvalue weighted by Crippen LogP contribution is -1.81. The van der Waals surface area contributed by atoms with E-state index in [9.17, 15) is 4.79 Å². The smallest absolute Gasteiger partial charge is 0.245 e. The van der Waals surface area contributed by atoms with Crippen LogP contribution in [-0.2, 0) is 4.79 Å². The van der Waals surface area contributed by atoms with Gasteiger partial charge in [0.2, 0.25) is 5.24 Å². The number of carbonyl (C=O) groups excluding carboxylic acids is 1. The molecule has 0 rings (SSSR count). The van der Waals surface area contributed by atoms with Gasteiger partial charge in [-0.1, -0.05) is 18.9 Å². The van der Waals surface area contributed by atoms with Crippen LogP contribution in [0.5, 0.6) is 0 Å². The van der Waals surface area contributed by atoms with Crippen LogP contribution < -0.4 is 0 Å². The van der Waals surface area contributed by atoms with E-state index in [1.165, 1.54) is 6.08 Å². The van der Waals surface area contributed by atoms with Gasteiger partial charge in [0, 0.05) is 0 Å². The van der Waals surface area contributed by atoms with Crippen LogP contribution in [0.25, 0.3) is 0 Å². The van der Waals surface area contributed by atoms with Gasteiger partial charge in [0.15, 0.2) is 0 Å². The van der Waals surface area contributed by atoms with E-state index in [1.807, 2.05) is 6.92 Å². The Hall–Kier alpha value is -0.300. The summed E-state index contributed by atoms with van der Waals surface area (Å²) in [6.45, 7) is 3.97. The molecule has 0 fully saturated rings. The lowest BCUT2D eigenvalue weighted by atomic mass is 10.2. The molecule has 0 amide bonds. The Labute approximate surface area is 60.7 Å². The minimum Gasteiger partial charge on any atom is -0.276 e. The summed E-state index contributed by atoms with van der Waals surface area (Å²) in [4.78, 5) is 10.2. The minimum absolute atomic E-state index is 0.374. The van der Waals surface area contributed by atoms with Crippen LogP contribution in [0.2, 0.25) is 0 Å². The number of allylic oxidation sites excluding steroid dienone is 2. The Morgan fingerprint density at radius 1 is 1.67 bits per heavy atom. The highest BCUT2D eigenvalue weighted by molar-refractivity contribution is 6.66. The van der Waals surface area contributed by atoms with E-state index >= 15 is 0 Å². The largest absolute Gasteiger partial charge is 0.276 e. The van der Waals surface area contributed by atoms with Crippen molar-refractivity contribution in [3.8, 4) is 0 Å². The molecule has 0 atom stereocenters. The molecule has 0 aliphatic heterocycles. The van der Waals surface area contributed by atoms with Crippen LogP contribution in [-0.4, -0.2) is 5.24 Å². The van der Waals surface area contributed by atoms with Crippen LogP contribution in [0.4, 0.5) is 0 Å². The Balaban J connectivity index is 3.69. The van der Waals surface area contributed by atoms with Crippen molar-refractivity contribution in [2.45, 2.75) is 26.7 Å². The fourth-order valence-corrected chi connectivity index (χ4v) is 0.846. The molecule has 0 saturated heterocycles. The van der Waals surface area contributed by atoms with Crippen molar-refractivity contribution in [1.29, 1.82) is 0 Å². The van der Waals surface area contributed by atoms with E-state index in [0.29, 0.717) is 0 Å². The second kappa shape index (κ2) is 4.57. The normalized spacial score (nSPS) is 11.7. The Bertz CT molecular complexity index is 127. The Morgan fingerprint density at radius 2 is 2.22 bits per heavy atom. The topological polar surface area (TPSA) is 17.1 Å². The van der Waals surface area contributed by atoms with E-state index in [4.69, 9.17) is 11.6 Å². The van der Waals surface area contributed by atoms with E-state index in [-0.39, 0.29) is 5.24 Å². The van der Waals surface area contributed by atoms with Gasteiger partial charge in [-0.25, -0.2) is 0 Å². The first-order chi connectivity index (χ1) is 4.16. The van der Waals surface area contributed by atoms with Gasteiger partial charge in [-0.05, 0) is 31.0 Å². The molecule has 0 bridgehead atoms. The van der Waals surface area contributed by atoms with Crippen molar-refractivity contribution in [1.82, 2.24) is 0 Å². The molecule has 2 heteroatoms. The summed E-state index contributed by atoms with van der Waals surface area (Å²) in [6, 6.07) is 0. The van der Waals surface area contributed by atoms with Crippen molar-refractivity contribution in [3.05, 3.63) is 11.6 Å². The van der Waals surface area contributed by atoms with E-state index in [2.05, 4.69) is 6.92 Å². The van der Waals surface area contributed by atoms with Gasteiger partial charge in [-0.2, -0.15) is 0 Å². The third-order valence-corrected chi connectivity index (χ3v) is 1.11. The van der Waals surface area contributed by atoms with Crippen LogP contribution in [0.15, 0.2) is 11.6 Å². The minimum atomic E-state index is -0.374. The van der Waals surface area contributed by atoms with Crippen molar-refractivity contribution >= 4 is 16.8 Å². The zero-order chi connectivity index (χ0) is 7.28. The zero-order valence-corrected chi connectivity index (χ0v) is 6.53. The van der Waals surface area contributed by atoms with Gasteiger partial charge in [-0.15, -0.1) is 0 Å². The SMILES string of the molecule is CCC/C(C)=C/C(=O)Cl. The maximum Gasteiger partial charge on any atom is 0.245 e. The number of hydrogen-bond donors (Lipinski definition) is 0. The zero-order valence-electron chi connectivity index (χ0n) is 5.78. The van der Waals surface area contributed by atoms with Crippen LogP contribution in [0, 0.1) is 0 Å². The first-order valence-electron chi connectivity index (χ1n) is 3.03. The third kappa shape index (κ3) is 5.57. The number of carbonyl (C=O) groups is 1. The van der Waals surface area contributed by atoms with Crippen LogP contribution in [0.1, 0.15) is 26.7 Å². The first kappa shape index (κ1) is 8.70. The number of halogens is 1. The summed E-state index contributed by atoms with van der Waals surface area (Å²) in [6.07, 6.45) is 3.48. The number of rotatable bonds is 3. The molecule has 1 nitrogen and oxygen atoms in total. The summed E-state index contributed by atoms with van der Waals surface area (Å²) in [7, 11) is 0. The van der Waals surface area contributed by atoms with Crippen molar-refractivity contribution in [2.75, 3.05) is 0 Å². The summed E-state index contributed by atoms with van der Waals surface area (Å²) >= 11 is 5.09. The lowest BCUT2D eigenvalue weighted by molar-refractivity contribution is -0.107. The average molecular weight is 147 g/mol. The summed E-state index contributed by atoms with van der Waals surface area (Å²) in [5.41, 5.74) is 1.05. The van der Waals surface area contributed by atoms with Gasteiger partial charge < -0.3 is 0 Å². The Morgan fingerprint density at radius 3 is 2.56 bits per heavy atom. The summed E-state index contributed by atoms with van der Waals surface area (Å²) in [5, 5.41) is -0.374. The molecular weight excluding hydrogens is 136 g/mol. The van der Waals surface area contributed by atoms with Gasteiger partial charge in [0.1, 0.15) is 0 Å². The molecule has 0 heterocycles. The van der Waals surface area contributed by atoms with Crippen molar-refractivity contribution in [2.24, 2.45) is 0 Å². The molecule has 9 heavy (non-hydrogen) atoms. The highest BCUT2D eigenvalue weighted by Gasteiger charge is 1.90. The third-order valence-electron chi connectivity index (χ3n) is 1.00. The number of hydrogen-bond acceptors (Lipinski definition) is 1. The standard InChI is InChI=1S/C7H11ClO/c1-3-4-6(2)5-7(8)9/h5H,3-4H2,1-2H3/b6-5+. The van der Waals surface area contributed by atoms with E-state index < -0.39 is 0 Å². The predicted molar refractivity (Wildman–Crippen MR) is 39.5 cm³/mol. The molecule has 0 aliphatic rings. The fourth-order valence-electron chi connectivity index (χ4n) is 0.660. The van der Waals surface area contributed by atoms with E-state index in [0.717, 1.165) is 18.4 Å². The molecule has 0 aromatic heterocycles. The quantitative estimate of drug-likeness (QED) is 0.442. The van der Waals surface area contributed by atoms with Crippen LogP contribution in [0.3, 0.4) is 0 Å². The molecular formula is C7H11ClO. The highest BCUT2D eigenvalue weighted by atomic mass is 35.5. The predicted octanol–water partition coefficient (Wildman–Crippen LogP) is 2.50. The maximum atomic E-state index is 10.2. The average Bonchev–Trinajstić information content (AvgIpc) is 1.63. The molecule has 0 aromatic carbocycles. The second-order valence-electron chi connectivity index (χ2n) is 2.04. The molecule has 0 aliphatic carbocycles. The first-order valence-corrected chi connectivity index (χ1v) is 3.41. The molecule has 52 valence electrons. The summed E-state index contributed by atoms with van der Waals surface area (Å²) < 4.78 is 0. The van der Waals surface area contributed by atoms with E-state index in [1.54, 1.807) is 0 Å². The molecule has 0 aromatic rings. The lowest BCUT2D eigenvalue weighted by Gasteiger charge is -1.92. The van der Waals surface area contributed by atoms with Gasteiger partial charge in [-0.3, -0.25) is 4.79 Å². The van der Waals surface area contributed by atoms with Crippen LogP contribution >= 0.6 is 11.6 Å². The second-order valence-corrected chi connectivity index (χ2v) is 2.42. The van der Waals surface area contributed by atoms with Crippen molar-refractivity contribution in [3.63, 3.8) is 0 Å². The molecule has 0 spiro atoms. The van der Waals surface area contributed by atoms with Gasteiger partial charge in [0.25, 0.3) is 0 Å². The fraction of sp³-hybridized carbons (Fsp3) is 0.571.